The summed E-state index contributed by atoms with van der Waals surface area (Å²) in [6.45, 7) is 3.73. The molecule has 34 heavy (non-hydrogen) atoms. The molecule has 9 nitrogen and oxygen atoms in total. The van der Waals surface area contributed by atoms with E-state index < -0.39 is 23.2 Å². The van der Waals surface area contributed by atoms with Crippen LogP contribution in [0.3, 0.4) is 0 Å². The lowest BCUT2D eigenvalue weighted by molar-refractivity contribution is 0.0920. The van der Waals surface area contributed by atoms with Crippen LogP contribution < -0.4 is 21.5 Å². The third kappa shape index (κ3) is 4.90. The van der Waals surface area contributed by atoms with E-state index in [0.29, 0.717) is 12.1 Å². The average Bonchev–Trinajstić information content (AvgIpc) is 3.30. The Kier molecular flexibility index (Phi) is 6.34. The summed E-state index contributed by atoms with van der Waals surface area (Å²) in [6.07, 6.45) is 2.67. The Morgan fingerprint density at radius 1 is 1.38 bits per heavy atom. The van der Waals surface area contributed by atoms with Crippen LogP contribution in [0.2, 0.25) is 0 Å². The summed E-state index contributed by atoms with van der Waals surface area (Å²) < 4.78 is 21.9. The van der Waals surface area contributed by atoms with Gasteiger partial charge in [0.15, 0.2) is 5.69 Å². The number of rotatable bonds is 4. The van der Waals surface area contributed by atoms with Crippen molar-refractivity contribution in [2.24, 2.45) is 17.4 Å². The van der Waals surface area contributed by atoms with Crippen molar-refractivity contribution in [3.8, 4) is 29.0 Å². The Morgan fingerprint density at radius 2 is 2.15 bits per heavy atom. The van der Waals surface area contributed by atoms with Crippen molar-refractivity contribution in [3.63, 3.8) is 0 Å². The maximum atomic E-state index is 14.6. The Balaban J connectivity index is 1.74. The van der Waals surface area contributed by atoms with Gasteiger partial charge in [-0.05, 0) is 45.1 Å². The molecular weight excluding hydrogens is 441 g/mol. The van der Waals surface area contributed by atoms with E-state index in [-0.39, 0.29) is 53.6 Å². The average molecular weight is 470 g/mol. The highest BCUT2D eigenvalue weighted by Gasteiger charge is 2.31. The number of hydrogen-bond donors (Lipinski definition) is 4. The van der Waals surface area contributed by atoms with Gasteiger partial charge < -0.3 is 31.2 Å². The number of nitrogens with zero attached hydrogens (tertiary/aromatic N) is 2. The number of carbonyl (C=O) groups excluding carboxylic acids is 2. The molecule has 4 rings (SSSR count). The van der Waals surface area contributed by atoms with Crippen LogP contribution in [-0.2, 0) is 6.54 Å². The van der Waals surface area contributed by atoms with Crippen LogP contribution in [-0.4, -0.2) is 51.3 Å². The number of ether oxygens (including phenoxy) is 1. The van der Waals surface area contributed by atoms with Crippen LogP contribution in [0, 0.1) is 23.6 Å². The Morgan fingerprint density at radius 3 is 2.79 bits per heavy atom. The van der Waals surface area contributed by atoms with Crippen molar-refractivity contribution in [1.82, 2.24) is 14.9 Å². The zero-order chi connectivity index (χ0) is 24.6. The molecular formula is C24H28FN5O4. The second-order valence-corrected chi connectivity index (χ2v) is 9.28. The lowest BCUT2D eigenvalue weighted by Crippen LogP contribution is -2.33. The maximum Gasteiger partial charge on any atom is 0.270 e. The summed E-state index contributed by atoms with van der Waals surface area (Å²) in [5.41, 5.74) is 10.4. The summed E-state index contributed by atoms with van der Waals surface area (Å²) in [4.78, 5) is 29.7. The van der Waals surface area contributed by atoms with Crippen molar-refractivity contribution in [3.05, 3.63) is 34.9 Å². The van der Waals surface area contributed by atoms with Crippen molar-refractivity contribution >= 4 is 11.8 Å². The number of aliphatic hydroxyl groups is 1. The number of carbonyl (C=O) groups is 2. The second kappa shape index (κ2) is 9.08. The summed E-state index contributed by atoms with van der Waals surface area (Å²) >= 11 is 0. The largest absolute Gasteiger partial charge is 0.491 e. The molecule has 1 fully saturated rings. The minimum atomic E-state index is -1.32. The number of aromatic nitrogens is 2. The highest BCUT2D eigenvalue weighted by atomic mass is 19.1. The molecule has 2 aromatic rings. The number of benzene rings is 1. The highest BCUT2D eigenvalue weighted by Crippen LogP contribution is 2.35. The molecule has 1 aromatic heterocycles. The first-order valence-corrected chi connectivity index (χ1v) is 11.2. The van der Waals surface area contributed by atoms with E-state index in [1.54, 1.807) is 4.57 Å². The number of amides is 2. The van der Waals surface area contributed by atoms with Gasteiger partial charge in [-0.3, -0.25) is 9.59 Å². The van der Waals surface area contributed by atoms with E-state index in [0.717, 1.165) is 19.3 Å². The number of imidazole rings is 1. The molecule has 180 valence electrons. The molecule has 0 spiro atoms. The first kappa shape index (κ1) is 23.7. The van der Waals surface area contributed by atoms with E-state index >= 15 is 0 Å². The van der Waals surface area contributed by atoms with Gasteiger partial charge >= 0.3 is 0 Å². The fraction of sp³-hybridized carbons (Fsp3) is 0.458. The molecule has 10 heteroatoms. The van der Waals surface area contributed by atoms with Gasteiger partial charge in [0.25, 0.3) is 11.8 Å². The minimum absolute atomic E-state index is 0.0186. The molecule has 1 aliphatic heterocycles. The normalized spacial score (nSPS) is 19.2. The lowest BCUT2D eigenvalue weighted by Gasteiger charge is -2.13. The number of nitrogens with one attached hydrogen (secondary N) is 1. The van der Waals surface area contributed by atoms with E-state index in [9.17, 15) is 19.1 Å². The highest BCUT2D eigenvalue weighted by molar-refractivity contribution is 6.05. The van der Waals surface area contributed by atoms with E-state index in [2.05, 4.69) is 22.1 Å². The van der Waals surface area contributed by atoms with Crippen LogP contribution in [0.5, 0.6) is 5.75 Å². The van der Waals surface area contributed by atoms with Gasteiger partial charge in [0, 0.05) is 18.7 Å². The quantitative estimate of drug-likeness (QED) is 0.495. The third-order valence-corrected chi connectivity index (χ3v) is 5.93. The van der Waals surface area contributed by atoms with Crippen LogP contribution in [0.1, 0.15) is 59.7 Å². The van der Waals surface area contributed by atoms with E-state index in [4.69, 9.17) is 16.2 Å². The molecule has 0 bridgehead atoms. The zero-order valence-electron chi connectivity index (χ0n) is 19.2. The summed E-state index contributed by atoms with van der Waals surface area (Å²) in [5.74, 6) is 3.98. The Labute approximate surface area is 196 Å². The fourth-order valence-electron chi connectivity index (χ4n) is 4.31. The summed E-state index contributed by atoms with van der Waals surface area (Å²) in [5, 5.41) is 12.8. The standard InChI is InChI=1S/C24H28FN5O4/c1-24(2,33)6-5-14-10-16-18(11-17(14)25)34-8-7-30-20(19(21(27)31)29-22(16)30)23(32)28-12-13-3-4-15(26)9-13/h10-11,13,15,33H,3-4,7-9,12,26H2,1-2H3,(H2,27,31)(H,28,32). The van der Waals surface area contributed by atoms with Gasteiger partial charge in [-0.1, -0.05) is 11.8 Å². The predicted octanol–water partition coefficient (Wildman–Crippen LogP) is 1.16. The number of nitrogens with two attached hydrogens (primary N) is 2. The Hall–Kier alpha value is -3.42. The molecule has 1 saturated carbocycles. The molecule has 2 atom stereocenters. The van der Waals surface area contributed by atoms with Gasteiger partial charge in [0.05, 0.1) is 17.7 Å². The third-order valence-electron chi connectivity index (χ3n) is 5.93. The first-order valence-electron chi connectivity index (χ1n) is 11.2. The molecule has 1 aliphatic carbocycles. The number of fused-ring (bicyclic) bond motifs is 3. The van der Waals surface area contributed by atoms with Crippen LogP contribution in [0.15, 0.2) is 12.1 Å². The lowest BCUT2D eigenvalue weighted by atomic mass is 10.1. The molecule has 1 aromatic carbocycles. The topological polar surface area (TPSA) is 145 Å². The van der Waals surface area contributed by atoms with Gasteiger partial charge in [-0.2, -0.15) is 0 Å². The molecule has 2 amide bonds. The molecule has 0 saturated heterocycles. The van der Waals surface area contributed by atoms with Gasteiger partial charge in [0.2, 0.25) is 0 Å². The van der Waals surface area contributed by atoms with Crippen molar-refractivity contribution in [2.75, 3.05) is 13.2 Å². The zero-order valence-corrected chi connectivity index (χ0v) is 19.2. The monoisotopic (exact) mass is 469 g/mol. The van der Waals surface area contributed by atoms with E-state index in [1.807, 2.05) is 0 Å². The van der Waals surface area contributed by atoms with Gasteiger partial charge in [-0.25, -0.2) is 9.37 Å². The summed E-state index contributed by atoms with van der Waals surface area (Å²) in [7, 11) is 0. The molecule has 2 aliphatic rings. The summed E-state index contributed by atoms with van der Waals surface area (Å²) in [6, 6.07) is 2.75. The minimum Gasteiger partial charge on any atom is -0.491 e. The van der Waals surface area contributed by atoms with E-state index in [1.165, 1.54) is 26.0 Å². The molecule has 6 N–H and O–H groups in total. The van der Waals surface area contributed by atoms with Crippen LogP contribution in [0.4, 0.5) is 4.39 Å². The molecule has 2 unspecified atom stereocenters. The van der Waals surface area contributed by atoms with Gasteiger partial charge in [-0.15, -0.1) is 0 Å². The number of hydrogen-bond acceptors (Lipinski definition) is 6. The van der Waals surface area contributed by atoms with Crippen LogP contribution >= 0.6 is 0 Å². The SMILES string of the molecule is CC(C)(O)C#Cc1cc2c(cc1F)OCCn1c-2nc(C(N)=O)c1C(=O)NCC1CCC(N)C1. The van der Waals surface area contributed by atoms with Crippen molar-refractivity contribution in [1.29, 1.82) is 0 Å². The first-order chi connectivity index (χ1) is 16.0. The molecule has 0 radical (unpaired) electrons. The van der Waals surface area contributed by atoms with Crippen molar-refractivity contribution in [2.45, 2.75) is 51.3 Å². The van der Waals surface area contributed by atoms with Crippen LogP contribution in [0.25, 0.3) is 11.4 Å². The number of halogens is 1. The fourth-order valence-corrected chi connectivity index (χ4v) is 4.31. The Bertz CT molecular complexity index is 1200. The predicted molar refractivity (Wildman–Crippen MR) is 122 cm³/mol. The second-order valence-electron chi connectivity index (χ2n) is 9.28. The molecule has 2 heterocycles. The van der Waals surface area contributed by atoms with Crippen molar-refractivity contribution < 1.29 is 23.8 Å². The maximum absolute atomic E-state index is 14.6. The van der Waals surface area contributed by atoms with Gasteiger partial charge in [0.1, 0.15) is 35.3 Å². The smallest absolute Gasteiger partial charge is 0.270 e. The number of primary amides is 1.